The molecule has 0 aliphatic carbocycles. The Morgan fingerprint density at radius 2 is 1.89 bits per heavy atom. The van der Waals surface area contributed by atoms with Crippen molar-refractivity contribution < 1.29 is 0 Å². The molecular weight excluding hydrogens is 252 g/mol. The van der Waals surface area contributed by atoms with Crippen molar-refractivity contribution in [2.24, 2.45) is 0 Å². The van der Waals surface area contributed by atoms with Gasteiger partial charge in [0.25, 0.3) is 0 Å². The lowest BCUT2D eigenvalue weighted by molar-refractivity contribution is 0.673. The normalized spacial score (nSPS) is 10.6. The highest BCUT2D eigenvalue weighted by Gasteiger charge is 2.01. The third-order valence-corrected chi connectivity index (χ3v) is 3.89. The van der Waals surface area contributed by atoms with Gasteiger partial charge >= 0.3 is 0 Å². The van der Waals surface area contributed by atoms with Crippen LogP contribution in [-0.2, 0) is 19.5 Å². The molecule has 0 aliphatic heterocycles. The summed E-state index contributed by atoms with van der Waals surface area (Å²) >= 11 is 1.77. The molecule has 1 heterocycles. The molecule has 1 aromatic carbocycles. The first kappa shape index (κ1) is 14.1. The number of hydrogen-bond donors (Lipinski definition) is 1. The molecular formula is C16H20N2S. The van der Waals surface area contributed by atoms with Crippen LogP contribution < -0.4 is 5.32 Å². The Hall–Kier alpha value is -1.32. The third-order valence-electron chi connectivity index (χ3n) is 3.15. The van der Waals surface area contributed by atoms with E-state index in [-0.39, 0.29) is 0 Å². The first-order chi connectivity index (χ1) is 9.33. The number of aryl methyl sites for hydroxylation is 1. The van der Waals surface area contributed by atoms with Gasteiger partial charge in [-0.2, -0.15) is 0 Å². The molecule has 0 saturated carbocycles. The molecule has 0 fully saturated rings. The number of rotatable bonds is 6. The van der Waals surface area contributed by atoms with E-state index in [1.165, 1.54) is 16.0 Å². The predicted molar refractivity (Wildman–Crippen MR) is 82.4 cm³/mol. The van der Waals surface area contributed by atoms with Gasteiger partial charge in [-0.15, -0.1) is 11.8 Å². The van der Waals surface area contributed by atoms with Crippen molar-refractivity contribution in [2.75, 3.05) is 6.26 Å². The van der Waals surface area contributed by atoms with E-state index in [2.05, 4.69) is 53.8 Å². The van der Waals surface area contributed by atoms with Gasteiger partial charge < -0.3 is 5.32 Å². The molecule has 0 spiro atoms. The Morgan fingerprint density at radius 3 is 2.58 bits per heavy atom. The van der Waals surface area contributed by atoms with Crippen LogP contribution in [-0.4, -0.2) is 11.2 Å². The lowest BCUT2D eigenvalue weighted by Crippen LogP contribution is -2.15. The maximum Gasteiger partial charge on any atom is 0.0573 e. The van der Waals surface area contributed by atoms with Crippen molar-refractivity contribution in [1.29, 1.82) is 0 Å². The van der Waals surface area contributed by atoms with Gasteiger partial charge in [0.05, 0.1) is 5.69 Å². The van der Waals surface area contributed by atoms with E-state index < -0.39 is 0 Å². The Bertz CT molecular complexity index is 508. The van der Waals surface area contributed by atoms with Crippen molar-refractivity contribution >= 4 is 11.8 Å². The van der Waals surface area contributed by atoms with E-state index in [0.29, 0.717) is 0 Å². The second kappa shape index (κ2) is 7.31. The predicted octanol–water partition coefficient (Wildman–Crippen LogP) is 3.66. The molecule has 3 heteroatoms. The second-order valence-electron chi connectivity index (χ2n) is 4.41. The number of benzene rings is 1. The smallest absolute Gasteiger partial charge is 0.0573 e. The zero-order valence-corrected chi connectivity index (χ0v) is 12.3. The minimum absolute atomic E-state index is 0.828. The summed E-state index contributed by atoms with van der Waals surface area (Å²) < 4.78 is 0. The molecule has 2 nitrogen and oxygen atoms in total. The summed E-state index contributed by atoms with van der Waals surface area (Å²) in [6, 6.07) is 12.8. The van der Waals surface area contributed by atoms with E-state index in [9.17, 15) is 0 Å². The molecule has 0 amide bonds. The van der Waals surface area contributed by atoms with Gasteiger partial charge in [-0.05, 0) is 42.0 Å². The zero-order chi connectivity index (χ0) is 13.5. The van der Waals surface area contributed by atoms with Crippen LogP contribution in [0.4, 0.5) is 0 Å². The monoisotopic (exact) mass is 272 g/mol. The molecule has 0 saturated heterocycles. The van der Waals surface area contributed by atoms with Crippen LogP contribution >= 0.6 is 11.8 Å². The van der Waals surface area contributed by atoms with Crippen molar-refractivity contribution in [1.82, 2.24) is 10.3 Å². The summed E-state index contributed by atoms with van der Waals surface area (Å²) in [6.45, 7) is 3.88. The fourth-order valence-electron chi connectivity index (χ4n) is 2.02. The summed E-state index contributed by atoms with van der Waals surface area (Å²) in [5, 5.41) is 3.46. The zero-order valence-electron chi connectivity index (χ0n) is 11.5. The van der Waals surface area contributed by atoms with Crippen molar-refractivity contribution in [3.05, 3.63) is 59.4 Å². The highest BCUT2D eigenvalue weighted by molar-refractivity contribution is 7.98. The van der Waals surface area contributed by atoms with E-state index in [1.807, 2.05) is 12.3 Å². The van der Waals surface area contributed by atoms with Crippen LogP contribution in [0.25, 0.3) is 0 Å². The summed E-state index contributed by atoms with van der Waals surface area (Å²) in [6.07, 6.45) is 5.00. The first-order valence-electron chi connectivity index (χ1n) is 6.60. The molecule has 0 unspecified atom stereocenters. The Morgan fingerprint density at radius 1 is 1.11 bits per heavy atom. The van der Waals surface area contributed by atoms with Gasteiger partial charge in [0.15, 0.2) is 0 Å². The number of pyridine rings is 1. The lowest BCUT2D eigenvalue weighted by atomic mass is 10.1. The van der Waals surface area contributed by atoms with Gasteiger partial charge in [0.2, 0.25) is 0 Å². The van der Waals surface area contributed by atoms with Gasteiger partial charge in [0.1, 0.15) is 0 Å². The molecule has 2 aromatic rings. The summed E-state index contributed by atoms with van der Waals surface area (Å²) in [5.74, 6) is 0. The Labute approximate surface area is 119 Å². The van der Waals surface area contributed by atoms with Gasteiger partial charge in [-0.3, -0.25) is 4.98 Å². The molecule has 0 atom stereocenters. The van der Waals surface area contributed by atoms with Crippen LogP contribution in [0, 0.1) is 0 Å². The molecule has 1 N–H and O–H groups in total. The minimum atomic E-state index is 0.828. The fraction of sp³-hybridized carbons (Fsp3) is 0.312. The van der Waals surface area contributed by atoms with E-state index in [0.717, 1.165) is 25.2 Å². The maximum atomic E-state index is 4.44. The van der Waals surface area contributed by atoms with Crippen LogP contribution in [0.3, 0.4) is 0 Å². The topological polar surface area (TPSA) is 24.9 Å². The largest absolute Gasteiger partial charge is 0.307 e. The SMILES string of the molecule is CCc1cccnc1CNCc1ccc(SC)cc1. The molecule has 19 heavy (non-hydrogen) atoms. The van der Waals surface area contributed by atoms with Crippen molar-refractivity contribution in [2.45, 2.75) is 31.3 Å². The highest BCUT2D eigenvalue weighted by Crippen LogP contribution is 2.14. The summed E-state index contributed by atoms with van der Waals surface area (Å²) in [7, 11) is 0. The van der Waals surface area contributed by atoms with E-state index in [4.69, 9.17) is 0 Å². The summed E-state index contributed by atoms with van der Waals surface area (Å²) in [5.41, 5.74) is 3.80. The van der Waals surface area contributed by atoms with Gasteiger partial charge in [-0.1, -0.05) is 25.1 Å². The number of hydrogen-bond acceptors (Lipinski definition) is 3. The van der Waals surface area contributed by atoms with Crippen molar-refractivity contribution in [3.63, 3.8) is 0 Å². The first-order valence-corrected chi connectivity index (χ1v) is 7.82. The maximum absolute atomic E-state index is 4.44. The Balaban J connectivity index is 1.88. The van der Waals surface area contributed by atoms with E-state index >= 15 is 0 Å². The lowest BCUT2D eigenvalue weighted by Gasteiger charge is -2.08. The second-order valence-corrected chi connectivity index (χ2v) is 5.29. The van der Waals surface area contributed by atoms with Crippen molar-refractivity contribution in [3.8, 4) is 0 Å². The molecule has 2 rings (SSSR count). The minimum Gasteiger partial charge on any atom is -0.307 e. The average Bonchev–Trinajstić information content (AvgIpc) is 2.48. The molecule has 100 valence electrons. The molecule has 0 radical (unpaired) electrons. The van der Waals surface area contributed by atoms with Crippen LogP contribution in [0.5, 0.6) is 0 Å². The van der Waals surface area contributed by atoms with Crippen LogP contribution in [0.2, 0.25) is 0 Å². The fourth-order valence-corrected chi connectivity index (χ4v) is 2.43. The van der Waals surface area contributed by atoms with Gasteiger partial charge in [-0.25, -0.2) is 0 Å². The molecule has 1 aromatic heterocycles. The van der Waals surface area contributed by atoms with E-state index in [1.54, 1.807) is 11.8 Å². The van der Waals surface area contributed by atoms with Crippen LogP contribution in [0.1, 0.15) is 23.7 Å². The third kappa shape index (κ3) is 4.08. The highest BCUT2D eigenvalue weighted by atomic mass is 32.2. The molecule has 0 aliphatic rings. The quantitative estimate of drug-likeness (QED) is 0.812. The standard InChI is InChI=1S/C16H20N2S/c1-3-14-5-4-10-18-16(14)12-17-11-13-6-8-15(19-2)9-7-13/h4-10,17H,3,11-12H2,1-2H3. The number of nitrogens with zero attached hydrogens (tertiary/aromatic N) is 1. The Kier molecular flexibility index (Phi) is 5.43. The number of aromatic nitrogens is 1. The number of nitrogens with one attached hydrogen (secondary N) is 1. The molecule has 0 bridgehead atoms. The average molecular weight is 272 g/mol. The van der Waals surface area contributed by atoms with Crippen LogP contribution in [0.15, 0.2) is 47.5 Å². The summed E-state index contributed by atoms with van der Waals surface area (Å²) in [4.78, 5) is 5.75. The number of thioether (sulfide) groups is 1. The van der Waals surface area contributed by atoms with Gasteiger partial charge in [0, 0.05) is 24.2 Å².